The first-order valence-corrected chi connectivity index (χ1v) is 6.98. The summed E-state index contributed by atoms with van der Waals surface area (Å²) in [7, 11) is 0. The second kappa shape index (κ2) is 7.76. The second-order valence-corrected chi connectivity index (χ2v) is 5.49. The van der Waals surface area contributed by atoms with Gasteiger partial charge in [-0.25, -0.2) is 4.98 Å². The van der Waals surface area contributed by atoms with Gasteiger partial charge < -0.3 is 10.6 Å². The Hall–Kier alpha value is -1.37. The summed E-state index contributed by atoms with van der Waals surface area (Å²) >= 11 is 0. The van der Waals surface area contributed by atoms with Crippen LogP contribution in [0.15, 0.2) is 12.3 Å². The number of aryl methyl sites for hydroxylation is 1. The van der Waals surface area contributed by atoms with Gasteiger partial charge in [0.25, 0.3) is 5.91 Å². The SMILES string of the molecule is Cc1[nH]nc2ncc(C(=O)NC3CCNC(C)C3)cc12.Cl.Cl. The highest BCUT2D eigenvalue weighted by Crippen LogP contribution is 2.15. The first-order valence-electron chi connectivity index (χ1n) is 6.98. The van der Waals surface area contributed by atoms with Crippen molar-refractivity contribution < 1.29 is 4.79 Å². The van der Waals surface area contributed by atoms with E-state index in [9.17, 15) is 4.79 Å². The van der Waals surface area contributed by atoms with Gasteiger partial charge in [-0.1, -0.05) is 0 Å². The van der Waals surface area contributed by atoms with Crippen molar-refractivity contribution in [1.82, 2.24) is 25.8 Å². The van der Waals surface area contributed by atoms with Crippen LogP contribution in [0.4, 0.5) is 0 Å². The number of aromatic amines is 1. The number of piperidine rings is 1. The molecule has 1 fully saturated rings. The zero-order valence-electron chi connectivity index (χ0n) is 12.5. The summed E-state index contributed by atoms with van der Waals surface area (Å²) in [6.45, 7) is 5.01. The maximum atomic E-state index is 12.3. The molecule has 2 atom stereocenters. The number of carbonyl (C=O) groups is 1. The van der Waals surface area contributed by atoms with Crippen LogP contribution in [0.5, 0.6) is 0 Å². The fraction of sp³-hybridized carbons (Fsp3) is 0.500. The van der Waals surface area contributed by atoms with Crippen LogP contribution in [0.1, 0.15) is 35.8 Å². The Bertz CT molecular complexity index is 645. The van der Waals surface area contributed by atoms with Crippen LogP contribution in [-0.2, 0) is 0 Å². The van der Waals surface area contributed by atoms with Gasteiger partial charge in [0, 0.05) is 29.4 Å². The molecule has 6 nitrogen and oxygen atoms in total. The second-order valence-electron chi connectivity index (χ2n) is 5.49. The van der Waals surface area contributed by atoms with Crippen LogP contribution in [0, 0.1) is 6.92 Å². The molecule has 1 aliphatic heterocycles. The van der Waals surface area contributed by atoms with Crippen LogP contribution in [-0.4, -0.2) is 39.7 Å². The number of aromatic nitrogens is 3. The number of hydrogen-bond donors (Lipinski definition) is 3. The number of H-pyrrole nitrogens is 1. The van der Waals surface area contributed by atoms with Crippen molar-refractivity contribution in [2.45, 2.75) is 38.8 Å². The van der Waals surface area contributed by atoms with E-state index in [1.165, 1.54) is 0 Å². The van der Waals surface area contributed by atoms with Gasteiger partial charge in [0.05, 0.1) is 5.56 Å². The minimum absolute atomic E-state index is 0. The molecular weight excluding hydrogens is 325 g/mol. The molecule has 2 aromatic heterocycles. The summed E-state index contributed by atoms with van der Waals surface area (Å²) in [5.41, 5.74) is 2.17. The smallest absolute Gasteiger partial charge is 0.253 e. The Labute approximate surface area is 141 Å². The minimum Gasteiger partial charge on any atom is -0.349 e. The van der Waals surface area contributed by atoms with Gasteiger partial charge in [0.15, 0.2) is 5.65 Å². The maximum absolute atomic E-state index is 12.3. The Kier molecular flexibility index (Phi) is 6.59. The first kappa shape index (κ1) is 18.7. The van der Waals surface area contributed by atoms with E-state index in [4.69, 9.17) is 0 Å². The van der Waals surface area contributed by atoms with E-state index in [0.717, 1.165) is 30.5 Å². The van der Waals surface area contributed by atoms with Gasteiger partial charge in [-0.3, -0.25) is 9.89 Å². The standard InChI is InChI=1S/C14H19N5O.2ClH/c1-8-5-11(3-4-15-8)17-14(20)10-6-12-9(2)18-19-13(12)16-7-10;;/h6-8,11,15H,3-5H2,1-2H3,(H,17,20)(H,16,18,19);2*1H. The quantitative estimate of drug-likeness (QED) is 0.777. The van der Waals surface area contributed by atoms with Crippen molar-refractivity contribution >= 4 is 41.8 Å². The number of fused-ring (bicyclic) bond motifs is 1. The van der Waals surface area contributed by atoms with E-state index in [0.29, 0.717) is 17.3 Å². The van der Waals surface area contributed by atoms with Gasteiger partial charge >= 0.3 is 0 Å². The Morgan fingerprint density at radius 3 is 2.91 bits per heavy atom. The predicted octanol–water partition coefficient (Wildman–Crippen LogP) is 1.98. The molecule has 3 N–H and O–H groups in total. The number of pyridine rings is 1. The average molecular weight is 346 g/mol. The topological polar surface area (TPSA) is 82.7 Å². The van der Waals surface area contributed by atoms with E-state index in [1.54, 1.807) is 6.20 Å². The van der Waals surface area contributed by atoms with E-state index in [2.05, 4.69) is 32.7 Å². The number of nitrogens with zero attached hydrogens (tertiary/aromatic N) is 2. The van der Waals surface area contributed by atoms with Crippen LogP contribution in [0.2, 0.25) is 0 Å². The molecule has 2 unspecified atom stereocenters. The van der Waals surface area contributed by atoms with Crippen molar-refractivity contribution in [3.05, 3.63) is 23.5 Å². The molecule has 0 saturated carbocycles. The van der Waals surface area contributed by atoms with E-state index >= 15 is 0 Å². The lowest BCUT2D eigenvalue weighted by Crippen LogP contribution is -2.46. The van der Waals surface area contributed by atoms with E-state index in [1.807, 2.05) is 13.0 Å². The molecule has 0 bridgehead atoms. The Balaban J connectivity index is 0.00000121. The van der Waals surface area contributed by atoms with E-state index in [-0.39, 0.29) is 36.8 Å². The molecule has 1 saturated heterocycles. The number of halogens is 2. The summed E-state index contributed by atoms with van der Waals surface area (Å²) in [5.74, 6) is -0.0564. The lowest BCUT2D eigenvalue weighted by atomic mass is 10.0. The molecule has 1 aliphatic rings. The van der Waals surface area contributed by atoms with Crippen molar-refractivity contribution in [1.29, 1.82) is 0 Å². The van der Waals surface area contributed by atoms with Crippen molar-refractivity contribution in [2.24, 2.45) is 0 Å². The highest BCUT2D eigenvalue weighted by molar-refractivity contribution is 5.97. The van der Waals surface area contributed by atoms with Crippen LogP contribution < -0.4 is 10.6 Å². The normalized spacial score (nSPS) is 20.8. The maximum Gasteiger partial charge on any atom is 0.253 e. The molecule has 1 amide bonds. The summed E-state index contributed by atoms with van der Waals surface area (Å²) in [6, 6.07) is 2.53. The number of amides is 1. The van der Waals surface area contributed by atoms with Gasteiger partial charge in [-0.05, 0) is 39.3 Å². The summed E-state index contributed by atoms with van der Waals surface area (Å²) in [5, 5.41) is 14.3. The molecular formula is C14H21Cl2N5O. The monoisotopic (exact) mass is 345 g/mol. The van der Waals surface area contributed by atoms with Gasteiger partial charge in [-0.2, -0.15) is 5.10 Å². The lowest BCUT2D eigenvalue weighted by Gasteiger charge is -2.28. The summed E-state index contributed by atoms with van der Waals surface area (Å²) < 4.78 is 0. The molecule has 8 heteroatoms. The highest BCUT2D eigenvalue weighted by Gasteiger charge is 2.20. The van der Waals surface area contributed by atoms with E-state index < -0.39 is 0 Å². The Morgan fingerprint density at radius 1 is 1.41 bits per heavy atom. The lowest BCUT2D eigenvalue weighted by molar-refractivity contribution is 0.0925. The molecule has 3 rings (SSSR count). The first-order chi connectivity index (χ1) is 9.63. The minimum atomic E-state index is -0.0564. The van der Waals surface area contributed by atoms with Crippen LogP contribution in [0.25, 0.3) is 11.0 Å². The summed E-state index contributed by atoms with van der Waals surface area (Å²) in [4.78, 5) is 16.5. The van der Waals surface area contributed by atoms with Gasteiger partial charge in [0.1, 0.15) is 0 Å². The fourth-order valence-corrected chi connectivity index (χ4v) is 2.68. The zero-order valence-corrected chi connectivity index (χ0v) is 14.2. The van der Waals surface area contributed by atoms with Crippen LogP contribution >= 0.6 is 24.8 Å². The summed E-state index contributed by atoms with van der Waals surface area (Å²) in [6.07, 6.45) is 3.52. The fourth-order valence-electron chi connectivity index (χ4n) is 2.68. The van der Waals surface area contributed by atoms with Crippen LogP contribution in [0.3, 0.4) is 0 Å². The zero-order chi connectivity index (χ0) is 14.1. The molecule has 2 aromatic rings. The molecule has 0 aromatic carbocycles. The number of rotatable bonds is 2. The van der Waals surface area contributed by atoms with Gasteiger partial charge in [0.2, 0.25) is 0 Å². The Morgan fingerprint density at radius 2 is 2.18 bits per heavy atom. The molecule has 122 valence electrons. The third-order valence-corrected chi connectivity index (χ3v) is 3.82. The highest BCUT2D eigenvalue weighted by atomic mass is 35.5. The number of nitrogens with one attached hydrogen (secondary N) is 3. The predicted molar refractivity (Wildman–Crippen MR) is 91.1 cm³/mol. The third kappa shape index (κ3) is 3.88. The molecule has 22 heavy (non-hydrogen) atoms. The number of carbonyl (C=O) groups excluding carboxylic acids is 1. The van der Waals surface area contributed by atoms with Crippen molar-refractivity contribution in [3.63, 3.8) is 0 Å². The third-order valence-electron chi connectivity index (χ3n) is 3.82. The largest absolute Gasteiger partial charge is 0.349 e. The van der Waals surface area contributed by atoms with Crippen molar-refractivity contribution in [3.8, 4) is 0 Å². The van der Waals surface area contributed by atoms with Gasteiger partial charge in [-0.15, -0.1) is 24.8 Å². The average Bonchev–Trinajstić information content (AvgIpc) is 2.80. The molecule has 0 spiro atoms. The van der Waals surface area contributed by atoms with Crippen molar-refractivity contribution in [2.75, 3.05) is 6.54 Å². The molecule has 3 heterocycles. The molecule has 0 radical (unpaired) electrons. The number of hydrogen-bond acceptors (Lipinski definition) is 4. The molecule has 0 aliphatic carbocycles.